The summed E-state index contributed by atoms with van der Waals surface area (Å²) in [6.45, 7) is 0.290. The molecule has 1 heterocycles. The summed E-state index contributed by atoms with van der Waals surface area (Å²) in [5, 5.41) is 9.09. The summed E-state index contributed by atoms with van der Waals surface area (Å²) in [6.07, 6.45) is 1.55. The Morgan fingerprint density at radius 3 is 2.57 bits per heavy atom. The van der Waals surface area contributed by atoms with E-state index in [9.17, 15) is 0 Å². The van der Waals surface area contributed by atoms with Crippen molar-refractivity contribution in [3.05, 3.63) is 36.4 Å². The van der Waals surface area contributed by atoms with E-state index in [-0.39, 0.29) is 12.3 Å². The minimum absolute atomic E-state index is 0.233. The first-order valence-electron chi connectivity index (χ1n) is 4.23. The molecule has 0 bridgehead atoms. The second-order valence-corrected chi connectivity index (χ2v) is 2.88. The van der Waals surface area contributed by atoms with Crippen molar-refractivity contribution in [2.24, 2.45) is 5.73 Å². The van der Waals surface area contributed by atoms with Crippen molar-refractivity contribution in [1.29, 1.82) is 0 Å². The molecule has 4 nitrogen and oxygen atoms in total. The summed E-state index contributed by atoms with van der Waals surface area (Å²) in [5.74, 6) is 0.740. The van der Waals surface area contributed by atoms with Crippen molar-refractivity contribution in [1.82, 2.24) is 4.98 Å². The van der Waals surface area contributed by atoms with Gasteiger partial charge in [-0.05, 0) is 24.3 Å². The molecule has 0 saturated heterocycles. The Morgan fingerprint density at radius 2 is 2.00 bits per heavy atom. The third-order valence-corrected chi connectivity index (χ3v) is 1.89. The van der Waals surface area contributed by atoms with Gasteiger partial charge >= 0.3 is 0 Å². The average Bonchev–Trinajstić information content (AvgIpc) is 2.67. The smallest absolute Gasteiger partial charge is 0.208 e. The number of phenolic OH excluding ortho intramolecular Hbond substituents is 1. The highest BCUT2D eigenvalue weighted by Gasteiger charge is 2.04. The Balaban J connectivity index is 2.34. The summed E-state index contributed by atoms with van der Waals surface area (Å²) in [6, 6.07) is 6.75. The van der Waals surface area contributed by atoms with Crippen molar-refractivity contribution in [2.45, 2.75) is 6.54 Å². The molecule has 0 radical (unpaired) electrons. The highest BCUT2D eigenvalue weighted by atomic mass is 16.3. The van der Waals surface area contributed by atoms with Gasteiger partial charge in [0.05, 0.1) is 6.54 Å². The van der Waals surface area contributed by atoms with Crippen LogP contribution in [0.4, 0.5) is 0 Å². The minimum Gasteiger partial charge on any atom is -0.508 e. The van der Waals surface area contributed by atoms with Crippen LogP contribution in [0.3, 0.4) is 0 Å². The van der Waals surface area contributed by atoms with Crippen molar-refractivity contribution in [3.63, 3.8) is 0 Å². The third-order valence-electron chi connectivity index (χ3n) is 1.89. The molecule has 4 heteroatoms. The maximum atomic E-state index is 9.09. The second kappa shape index (κ2) is 3.51. The summed E-state index contributed by atoms with van der Waals surface area (Å²) in [5.41, 5.74) is 6.99. The molecule has 0 aliphatic carbocycles. The number of aromatic hydroxyl groups is 1. The van der Waals surface area contributed by atoms with E-state index in [1.807, 2.05) is 0 Å². The van der Waals surface area contributed by atoms with Gasteiger partial charge in [-0.15, -0.1) is 0 Å². The Morgan fingerprint density at radius 1 is 1.29 bits per heavy atom. The zero-order chi connectivity index (χ0) is 9.97. The molecule has 0 amide bonds. The van der Waals surface area contributed by atoms with Gasteiger partial charge in [-0.25, -0.2) is 4.98 Å². The van der Waals surface area contributed by atoms with Gasteiger partial charge in [0.2, 0.25) is 5.89 Å². The molecule has 0 aliphatic rings. The lowest BCUT2D eigenvalue weighted by Gasteiger charge is -1.94. The highest BCUT2D eigenvalue weighted by molar-refractivity contribution is 5.58. The van der Waals surface area contributed by atoms with Crippen LogP contribution in [-0.4, -0.2) is 10.1 Å². The maximum absolute atomic E-state index is 9.09. The molecule has 2 aromatic rings. The van der Waals surface area contributed by atoms with Gasteiger partial charge in [0.15, 0.2) is 0 Å². The molecular formula is C10H10N2O2. The van der Waals surface area contributed by atoms with E-state index in [0.717, 1.165) is 11.3 Å². The average molecular weight is 190 g/mol. The van der Waals surface area contributed by atoms with Crippen LogP contribution < -0.4 is 5.73 Å². The first kappa shape index (κ1) is 8.77. The summed E-state index contributed by atoms with van der Waals surface area (Å²) >= 11 is 0. The fraction of sp³-hybridized carbons (Fsp3) is 0.100. The predicted octanol–water partition coefficient (Wildman–Crippen LogP) is 1.51. The lowest BCUT2D eigenvalue weighted by molar-refractivity contribution is 0.475. The monoisotopic (exact) mass is 190 g/mol. The standard InChI is InChI=1S/C10H10N2O2/c11-5-10-12-9(6-14-10)7-1-3-8(13)4-2-7/h1-4,6,13H,5,11H2. The zero-order valence-corrected chi connectivity index (χ0v) is 7.47. The molecule has 72 valence electrons. The molecule has 3 N–H and O–H groups in total. The maximum Gasteiger partial charge on any atom is 0.208 e. The van der Waals surface area contributed by atoms with Gasteiger partial charge in [-0.1, -0.05) is 0 Å². The number of phenols is 1. The molecule has 0 spiro atoms. The van der Waals surface area contributed by atoms with Crippen LogP contribution in [0.5, 0.6) is 5.75 Å². The van der Waals surface area contributed by atoms with Gasteiger partial charge in [-0.2, -0.15) is 0 Å². The number of oxazole rings is 1. The van der Waals surface area contributed by atoms with E-state index in [1.165, 1.54) is 0 Å². The fourth-order valence-electron chi connectivity index (χ4n) is 1.17. The molecule has 0 saturated carbocycles. The fourth-order valence-corrected chi connectivity index (χ4v) is 1.17. The van der Waals surface area contributed by atoms with Crippen LogP contribution >= 0.6 is 0 Å². The van der Waals surface area contributed by atoms with Gasteiger partial charge < -0.3 is 15.3 Å². The van der Waals surface area contributed by atoms with Gasteiger partial charge in [0, 0.05) is 5.56 Å². The van der Waals surface area contributed by atoms with Crippen LogP contribution in [-0.2, 0) is 6.54 Å². The first-order valence-corrected chi connectivity index (χ1v) is 4.23. The Hall–Kier alpha value is -1.81. The molecule has 0 unspecified atom stereocenters. The zero-order valence-electron chi connectivity index (χ0n) is 7.47. The molecule has 2 rings (SSSR count). The quantitative estimate of drug-likeness (QED) is 0.752. The molecule has 0 atom stereocenters. The third kappa shape index (κ3) is 1.60. The minimum atomic E-state index is 0.233. The second-order valence-electron chi connectivity index (χ2n) is 2.88. The number of aromatic nitrogens is 1. The highest BCUT2D eigenvalue weighted by Crippen LogP contribution is 2.20. The van der Waals surface area contributed by atoms with Crippen molar-refractivity contribution >= 4 is 0 Å². The summed E-state index contributed by atoms with van der Waals surface area (Å²) in [7, 11) is 0. The normalized spacial score (nSPS) is 10.4. The lowest BCUT2D eigenvalue weighted by Crippen LogP contribution is -1.95. The predicted molar refractivity (Wildman–Crippen MR) is 51.5 cm³/mol. The first-order chi connectivity index (χ1) is 6.79. The van der Waals surface area contributed by atoms with Gasteiger partial charge in [0.25, 0.3) is 0 Å². The van der Waals surface area contributed by atoms with Gasteiger partial charge in [0.1, 0.15) is 17.7 Å². The van der Waals surface area contributed by atoms with Gasteiger partial charge in [-0.3, -0.25) is 0 Å². The molecule has 1 aromatic heterocycles. The molecule has 14 heavy (non-hydrogen) atoms. The number of rotatable bonds is 2. The largest absolute Gasteiger partial charge is 0.508 e. The Bertz CT molecular complexity index is 420. The number of hydrogen-bond donors (Lipinski definition) is 2. The van der Waals surface area contributed by atoms with Crippen molar-refractivity contribution in [3.8, 4) is 17.0 Å². The SMILES string of the molecule is NCc1nc(-c2ccc(O)cc2)co1. The van der Waals surface area contributed by atoms with Crippen molar-refractivity contribution in [2.75, 3.05) is 0 Å². The number of benzene rings is 1. The molecule has 0 fully saturated rings. The van der Waals surface area contributed by atoms with E-state index >= 15 is 0 Å². The van der Waals surface area contributed by atoms with E-state index in [0.29, 0.717) is 5.89 Å². The van der Waals surface area contributed by atoms with E-state index in [4.69, 9.17) is 15.3 Å². The summed E-state index contributed by atoms with van der Waals surface area (Å²) < 4.78 is 5.10. The Labute approximate surface area is 81.0 Å². The van der Waals surface area contributed by atoms with E-state index in [2.05, 4.69) is 4.98 Å². The number of hydrogen-bond acceptors (Lipinski definition) is 4. The summed E-state index contributed by atoms with van der Waals surface area (Å²) in [4.78, 5) is 4.16. The van der Waals surface area contributed by atoms with E-state index in [1.54, 1.807) is 30.5 Å². The Kier molecular flexibility index (Phi) is 2.20. The number of nitrogens with zero attached hydrogens (tertiary/aromatic N) is 1. The van der Waals surface area contributed by atoms with Crippen LogP contribution in [0.25, 0.3) is 11.3 Å². The van der Waals surface area contributed by atoms with Crippen LogP contribution in [0.1, 0.15) is 5.89 Å². The topological polar surface area (TPSA) is 72.3 Å². The lowest BCUT2D eigenvalue weighted by atomic mass is 10.2. The molecule has 1 aromatic carbocycles. The van der Waals surface area contributed by atoms with Crippen LogP contribution in [0.2, 0.25) is 0 Å². The number of nitrogens with two attached hydrogens (primary N) is 1. The van der Waals surface area contributed by atoms with Crippen LogP contribution in [0.15, 0.2) is 34.9 Å². The van der Waals surface area contributed by atoms with Crippen LogP contribution in [0, 0.1) is 0 Å². The molecular weight excluding hydrogens is 180 g/mol. The van der Waals surface area contributed by atoms with Crippen molar-refractivity contribution < 1.29 is 9.52 Å². The molecule has 0 aliphatic heterocycles. The van der Waals surface area contributed by atoms with E-state index < -0.39 is 0 Å².